The van der Waals surface area contributed by atoms with Crippen molar-refractivity contribution in [2.45, 2.75) is 45.2 Å². The van der Waals surface area contributed by atoms with Crippen molar-refractivity contribution in [3.8, 4) is 0 Å². The topological polar surface area (TPSA) is 66.5 Å². The van der Waals surface area contributed by atoms with Crippen molar-refractivity contribution in [2.24, 2.45) is 11.8 Å². The fraction of sp³-hybridized carbons (Fsp3) is 0.435. The molecule has 0 aromatic heterocycles. The quantitative estimate of drug-likeness (QED) is 0.783. The lowest BCUT2D eigenvalue weighted by molar-refractivity contribution is 0.0923. The molecular weight excluding hydrogens is 384 g/mol. The van der Waals surface area contributed by atoms with Gasteiger partial charge in [0.2, 0.25) is 10.0 Å². The Kier molecular flexibility index (Phi) is 5.38. The first-order valence-electron chi connectivity index (χ1n) is 10.2. The fourth-order valence-electron chi connectivity index (χ4n) is 4.71. The Morgan fingerprint density at radius 1 is 1.03 bits per heavy atom. The SMILES string of the molecule is Cc1ccc(CN(c2ccc(C(=O)N[C@@H]3C[C@@H]4CC[C@@H]3C4)cc2)S(C)(=O)=O)cc1. The number of anilines is 1. The molecule has 2 aromatic rings. The van der Waals surface area contributed by atoms with Gasteiger partial charge in [0.1, 0.15) is 0 Å². The van der Waals surface area contributed by atoms with Crippen molar-refractivity contribution in [3.63, 3.8) is 0 Å². The zero-order valence-corrected chi connectivity index (χ0v) is 17.8. The minimum absolute atomic E-state index is 0.0708. The van der Waals surface area contributed by atoms with Crippen LogP contribution in [0.4, 0.5) is 5.69 Å². The number of rotatable bonds is 6. The molecular formula is C23H28N2O3S. The summed E-state index contributed by atoms with van der Waals surface area (Å²) < 4.78 is 26.1. The highest BCUT2D eigenvalue weighted by Gasteiger charge is 2.40. The number of sulfonamides is 1. The average molecular weight is 413 g/mol. The molecule has 29 heavy (non-hydrogen) atoms. The van der Waals surface area contributed by atoms with E-state index in [2.05, 4.69) is 5.32 Å². The van der Waals surface area contributed by atoms with E-state index in [1.807, 2.05) is 31.2 Å². The van der Waals surface area contributed by atoms with Gasteiger partial charge in [0.25, 0.3) is 5.91 Å². The van der Waals surface area contributed by atoms with Gasteiger partial charge >= 0.3 is 0 Å². The summed E-state index contributed by atoms with van der Waals surface area (Å²) in [6.07, 6.45) is 6.06. The zero-order valence-electron chi connectivity index (χ0n) is 17.0. The average Bonchev–Trinajstić information content (AvgIpc) is 3.30. The van der Waals surface area contributed by atoms with Crippen LogP contribution in [-0.2, 0) is 16.6 Å². The monoisotopic (exact) mass is 412 g/mol. The summed E-state index contributed by atoms with van der Waals surface area (Å²) >= 11 is 0. The lowest BCUT2D eigenvalue weighted by atomic mass is 9.95. The number of fused-ring (bicyclic) bond motifs is 2. The Morgan fingerprint density at radius 3 is 2.28 bits per heavy atom. The second-order valence-electron chi connectivity index (χ2n) is 8.56. The van der Waals surface area contributed by atoms with Crippen LogP contribution in [0.2, 0.25) is 0 Å². The maximum absolute atomic E-state index is 12.6. The normalized spacial score (nSPS) is 23.2. The second kappa shape index (κ2) is 7.82. The van der Waals surface area contributed by atoms with Crippen molar-refractivity contribution in [3.05, 3.63) is 65.2 Å². The largest absolute Gasteiger partial charge is 0.349 e. The number of hydrogen-bond donors (Lipinski definition) is 1. The van der Waals surface area contributed by atoms with Crippen LogP contribution in [0.25, 0.3) is 0 Å². The Labute approximate surface area is 173 Å². The van der Waals surface area contributed by atoms with Crippen molar-refractivity contribution < 1.29 is 13.2 Å². The molecule has 2 aliphatic carbocycles. The molecule has 0 radical (unpaired) electrons. The molecule has 1 amide bonds. The predicted octanol–water partition coefficient (Wildman–Crippen LogP) is 3.88. The molecule has 4 rings (SSSR count). The molecule has 6 heteroatoms. The van der Waals surface area contributed by atoms with Gasteiger partial charge in [-0.25, -0.2) is 8.42 Å². The third-order valence-corrected chi connectivity index (χ3v) is 7.46. The lowest BCUT2D eigenvalue weighted by Gasteiger charge is -2.24. The zero-order chi connectivity index (χ0) is 20.6. The van der Waals surface area contributed by atoms with E-state index < -0.39 is 10.0 Å². The van der Waals surface area contributed by atoms with Gasteiger partial charge in [0.05, 0.1) is 18.5 Å². The van der Waals surface area contributed by atoms with E-state index in [4.69, 9.17) is 0 Å². The van der Waals surface area contributed by atoms with E-state index in [-0.39, 0.29) is 18.5 Å². The molecule has 2 saturated carbocycles. The summed E-state index contributed by atoms with van der Waals surface area (Å²) in [5.74, 6) is 1.33. The number of carbonyl (C=O) groups excluding carboxylic acids is 1. The first-order valence-corrected chi connectivity index (χ1v) is 12.1. The Balaban J connectivity index is 1.48. The first kappa shape index (κ1) is 20.0. The van der Waals surface area contributed by atoms with E-state index in [0.29, 0.717) is 17.2 Å². The van der Waals surface area contributed by atoms with Gasteiger partial charge in [-0.3, -0.25) is 9.10 Å². The van der Waals surface area contributed by atoms with Gasteiger partial charge in [-0.05, 0) is 67.9 Å². The molecule has 0 aliphatic heterocycles. The highest BCUT2D eigenvalue weighted by atomic mass is 32.2. The van der Waals surface area contributed by atoms with Crippen LogP contribution in [0, 0.1) is 18.8 Å². The fourth-order valence-corrected chi connectivity index (χ4v) is 5.60. The minimum atomic E-state index is -3.45. The molecule has 0 unspecified atom stereocenters. The van der Waals surface area contributed by atoms with Crippen LogP contribution >= 0.6 is 0 Å². The smallest absolute Gasteiger partial charge is 0.251 e. The summed E-state index contributed by atoms with van der Waals surface area (Å²) in [6, 6.07) is 15.0. The first-order chi connectivity index (χ1) is 13.8. The summed E-state index contributed by atoms with van der Waals surface area (Å²) in [7, 11) is -3.45. The molecule has 2 bridgehead atoms. The second-order valence-corrected chi connectivity index (χ2v) is 10.5. The van der Waals surface area contributed by atoms with Crippen molar-refractivity contribution in [1.29, 1.82) is 0 Å². The van der Waals surface area contributed by atoms with Gasteiger partial charge in [-0.1, -0.05) is 36.2 Å². The van der Waals surface area contributed by atoms with Crippen LogP contribution < -0.4 is 9.62 Å². The molecule has 2 aliphatic rings. The van der Waals surface area contributed by atoms with Crippen LogP contribution in [0.3, 0.4) is 0 Å². The van der Waals surface area contributed by atoms with Gasteiger partial charge in [-0.2, -0.15) is 0 Å². The molecule has 0 spiro atoms. The minimum Gasteiger partial charge on any atom is -0.349 e. The van der Waals surface area contributed by atoms with Crippen molar-refractivity contribution in [1.82, 2.24) is 5.32 Å². The van der Waals surface area contributed by atoms with Gasteiger partial charge < -0.3 is 5.32 Å². The molecule has 0 saturated heterocycles. The molecule has 154 valence electrons. The predicted molar refractivity (Wildman–Crippen MR) is 115 cm³/mol. The molecule has 3 atom stereocenters. The molecule has 2 fully saturated rings. The van der Waals surface area contributed by atoms with Crippen molar-refractivity contribution in [2.75, 3.05) is 10.6 Å². The van der Waals surface area contributed by atoms with Gasteiger partial charge in [0.15, 0.2) is 0 Å². The Hall–Kier alpha value is -2.34. The van der Waals surface area contributed by atoms with Crippen LogP contribution in [-0.4, -0.2) is 26.6 Å². The Morgan fingerprint density at radius 2 is 1.72 bits per heavy atom. The third kappa shape index (κ3) is 4.47. The van der Waals surface area contributed by atoms with E-state index >= 15 is 0 Å². The standard InChI is InChI=1S/C23H28N2O3S/c1-16-3-5-17(6-4-16)15-25(29(2,27)28)21-11-9-19(10-12-21)23(26)24-22-14-18-7-8-20(22)13-18/h3-6,9-12,18,20,22H,7-8,13-15H2,1-2H3,(H,24,26)/t18-,20-,22-/m1/s1. The number of nitrogens with one attached hydrogen (secondary N) is 1. The highest BCUT2D eigenvalue weighted by Crippen LogP contribution is 2.44. The number of carbonyl (C=O) groups is 1. The van der Waals surface area contributed by atoms with E-state index in [0.717, 1.165) is 23.5 Å². The number of hydrogen-bond acceptors (Lipinski definition) is 3. The molecule has 0 heterocycles. The van der Waals surface area contributed by atoms with Crippen LogP contribution in [0.5, 0.6) is 0 Å². The van der Waals surface area contributed by atoms with E-state index in [1.54, 1.807) is 24.3 Å². The molecule has 2 aromatic carbocycles. The highest BCUT2D eigenvalue weighted by molar-refractivity contribution is 7.92. The summed E-state index contributed by atoms with van der Waals surface area (Å²) in [5.41, 5.74) is 3.18. The summed E-state index contributed by atoms with van der Waals surface area (Å²) in [6.45, 7) is 2.26. The summed E-state index contributed by atoms with van der Waals surface area (Å²) in [5, 5.41) is 3.18. The number of nitrogens with zero attached hydrogens (tertiary/aromatic N) is 1. The summed E-state index contributed by atoms with van der Waals surface area (Å²) in [4.78, 5) is 12.6. The van der Waals surface area contributed by atoms with E-state index in [1.165, 1.54) is 29.8 Å². The molecule has 1 N–H and O–H groups in total. The lowest BCUT2D eigenvalue weighted by Crippen LogP contribution is -2.38. The molecule has 5 nitrogen and oxygen atoms in total. The van der Waals surface area contributed by atoms with Gasteiger partial charge in [0, 0.05) is 11.6 Å². The maximum atomic E-state index is 12.6. The number of benzene rings is 2. The third-order valence-electron chi connectivity index (χ3n) is 6.32. The number of aryl methyl sites for hydroxylation is 1. The van der Waals surface area contributed by atoms with Crippen LogP contribution in [0.1, 0.15) is 47.2 Å². The van der Waals surface area contributed by atoms with Gasteiger partial charge in [-0.15, -0.1) is 0 Å². The van der Waals surface area contributed by atoms with E-state index in [9.17, 15) is 13.2 Å². The van der Waals surface area contributed by atoms with Crippen LogP contribution in [0.15, 0.2) is 48.5 Å². The van der Waals surface area contributed by atoms with Crippen molar-refractivity contribution >= 4 is 21.6 Å². The Bertz CT molecular complexity index is 984. The number of amides is 1. The maximum Gasteiger partial charge on any atom is 0.251 e.